The second-order valence-corrected chi connectivity index (χ2v) is 3.34. The number of hydrogen-bond acceptors (Lipinski definition) is 2. The minimum atomic E-state index is -0.642. The van der Waals surface area contributed by atoms with Crippen molar-refractivity contribution in [1.82, 2.24) is 4.98 Å². The fourth-order valence-electron chi connectivity index (χ4n) is 1.54. The Bertz CT molecular complexity index is 523. The summed E-state index contributed by atoms with van der Waals surface area (Å²) in [6, 6.07) is 3.64. The van der Waals surface area contributed by atoms with Gasteiger partial charge in [-0.1, -0.05) is 6.92 Å². The van der Waals surface area contributed by atoms with Crippen LogP contribution in [0, 0.1) is 11.6 Å². The first-order valence-corrected chi connectivity index (χ1v) is 4.66. The van der Waals surface area contributed by atoms with E-state index in [-0.39, 0.29) is 5.52 Å². The summed E-state index contributed by atoms with van der Waals surface area (Å²) in [6.07, 6.45) is 0.672. The standard InChI is InChI=1S/C11H10F2N2/c1-2-6-3-8-9(13)4-7(12)5-10(8)15-11(6)14/h3-5H,2H2,1H3,(H2,14,15). The summed E-state index contributed by atoms with van der Waals surface area (Å²) in [5.41, 5.74) is 6.66. The maximum atomic E-state index is 13.4. The second-order valence-electron chi connectivity index (χ2n) is 3.34. The maximum absolute atomic E-state index is 13.4. The van der Waals surface area contributed by atoms with Gasteiger partial charge in [0.1, 0.15) is 17.5 Å². The fourth-order valence-corrected chi connectivity index (χ4v) is 1.54. The Morgan fingerprint density at radius 3 is 2.67 bits per heavy atom. The zero-order valence-corrected chi connectivity index (χ0v) is 8.22. The molecule has 0 unspecified atom stereocenters. The molecule has 0 bridgehead atoms. The molecule has 0 radical (unpaired) electrons. The van der Waals surface area contributed by atoms with Crippen molar-refractivity contribution < 1.29 is 8.78 Å². The van der Waals surface area contributed by atoms with Gasteiger partial charge >= 0.3 is 0 Å². The van der Waals surface area contributed by atoms with Crippen molar-refractivity contribution in [1.29, 1.82) is 0 Å². The molecule has 15 heavy (non-hydrogen) atoms. The van der Waals surface area contributed by atoms with Crippen LogP contribution in [-0.4, -0.2) is 4.98 Å². The Hall–Kier alpha value is -1.71. The van der Waals surface area contributed by atoms with Gasteiger partial charge in [0.25, 0.3) is 0 Å². The van der Waals surface area contributed by atoms with Crippen LogP contribution in [0.5, 0.6) is 0 Å². The number of halogens is 2. The highest BCUT2D eigenvalue weighted by molar-refractivity contribution is 5.82. The van der Waals surface area contributed by atoms with E-state index in [1.54, 1.807) is 6.07 Å². The van der Waals surface area contributed by atoms with Crippen molar-refractivity contribution in [2.24, 2.45) is 0 Å². The molecule has 1 aromatic carbocycles. The number of nitrogens with two attached hydrogens (primary N) is 1. The summed E-state index contributed by atoms with van der Waals surface area (Å²) in [5.74, 6) is -0.918. The highest BCUT2D eigenvalue weighted by Gasteiger charge is 2.08. The van der Waals surface area contributed by atoms with Gasteiger partial charge in [0.2, 0.25) is 0 Å². The van der Waals surface area contributed by atoms with E-state index >= 15 is 0 Å². The van der Waals surface area contributed by atoms with Crippen LogP contribution in [-0.2, 0) is 6.42 Å². The number of aromatic nitrogens is 1. The summed E-state index contributed by atoms with van der Waals surface area (Å²) >= 11 is 0. The van der Waals surface area contributed by atoms with Crippen molar-refractivity contribution in [3.05, 3.63) is 35.4 Å². The molecule has 0 saturated heterocycles. The Labute approximate surface area is 85.7 Å². The molecule has 0 fully saturated rings. The summed E-state index contributed by atoms with van der Waals surface area (Å²) in [6.45, 7) is 1.90. The molecule has 2 N–H and O–H groups in total. The molecule has 2 aromatic rings. The van der Waals surface area contributed by atoms with Crippen LogP contribution in [0.1, 0.15) is 12.5 Å². The van der Waals surface area contributed by atoms with Gasteiger partial charge in [-0.05, 0) is 18.1 Å². The van der Waals surface area contributed by atoms with Crippen molar-refractivity contribution in [3.63, 3.8) is 0 Å². The number of nitrogens with zero attached hydrogens (tertiary/aromatic N) is 1. The molecule has 1 heterocycles. The Balaban J connectivity index is 2.81. The lowest BCUT2D eigenvalue weighted by Gasteiger charge is -2.05. The van der Waals surface area contributed by atoms with E-state index in [0.717, 1.165) is 11.6 Å². The van der Waals surface area contributed by atoms with Gasteiger partial charge in [-0.3, -0.25) is 0 Å². The van der Waals surface area contributed by atoms with Gasteiger partial charge in [0.05, 0.1) is 5.52 Å². The smallest absolute Gasteiger partial charge is 0.135 e. The van der Waals surface area contributed by atoms with Gasteiger partial charge in [-0.2, -0.15) is 0 Å². The summed E-state index contributed by atoms with van der Waals surface area (Å²) < 4.78 is 26.3. The molecule has 1 aromatic heterocycles. The Kier molecular flexibility index (Phi) is 2.26. The van der Waals surface area contributed by atoms with Crippen LogP contribution in [0.2, 0.25) is 0 Å². The van der Waals surface area contributed by atoms with Crippen LogP contribution in [0.3, 0.4) is 0 Å². The molecule has 0 aliphatic carbocycles. The highest BCUT2D eigenvalue weighted by Crippen LogP contribution is 2.22. The van der Waals surface area contributed by atoms with E-state index in [2.05, 4.69) is 4.98 Å². The van der Waals surface area contributed by atoms with Gasteiger partial charge in [0.15, 0.2) is 0 Å². The average Bonchev–Trinajstić information content (AvgIpc) is 2.16. The number of nitrogen functional groups attached to an aromatic ring is 1. The number of aryl methyl sites for hydroxylation is 1. The third-order valence-electron chi connectivity index (χ3n) is 2.34. The lowest BCUT2D eigenvalue weighted by molar-refractivity contribution is 0.591. The molecule has 2 rings (SSSR count). The third kappa shape index (κ3) is 1.63. The lowest BCUT2D eigenvalue weighted by Crippen LogP contribution is -1.98. The monoisotopic (exact) mass is 208 g/mol. The predicted molar refractivity (Wildman–Crippen MR) is 55.4 cm³/mol. The molecule has 0 spiro atoms. The molecule has 0 amide bonds. The molecule has 78 valence electrons. The molecule has 0 aliphatic rings. The number of pyridine rings is 1. The van der Waals surface area contributed by atoms with E-state index in [4.69, 9.17) is 5.73 Å². The van der Waals surface area contributed by atoms with Gasteiger partial charge in [0, 0.05) is 17.5 Å². The van der Waals surface area contributed by atoms with Crippen molar-refractivity contribution in [2.45, 2.75) is 13.3 Å². The summed E-state index contributed by atoms with van der Waals surface area (Å²) in [5, 5.41) is 0.308. The van der Waals surface area contributed by atoms with E-state index in [1.165, 1.54) is 6.07 Å². The first kappa shape index (κ1) is 9.83. The van der Waals surface area contributed by atoms with Gasteiger partial charge in [-0.15, -0.1) is 0 Å². The third-order valence-corrected chi connectivity index (χ3v) is 2.34. The predicted octanol–water partition coefficient (Wildman–Crippen LogP) is 2.66. The zero-order chi connectivity index (χ0) is 11.0. The van der Waals surface area contributed by atoms with Crippen LogP contribution in [0.15, 0.2) is 18.2 Å². The number of fused-ring (bicyclic) bond motifs is 1. The lowest BCUT2D eigenvalue weighted by atomic mass is 10.1. The van der Waals surface area contributed by atoms with E-state index in [1.807, 2.05) is 6.92 Å². The maximum Gasteiger partial charge on any atom is 0.135 e. The van der Waals surface area contributed by atoms with E-state index in [9.17, 15) is 8.78 Å². The highest BCUT2D eigenvalue weighted by atomic mass is 19.1. The fraction of sp³-hybridized carbons (Fsp3) is 0.182. The average molecular weight is 208 g/mol. The first-order valence-electron chi connectivity index (χ1n) is 4.66. The van der Waals surface area contributed by atoms with Crippen molar-refractivity contribution >= 4 is 16.7 Å². The largest absolute Gasteiger partial charge is 0.383 e. The van der Waals surface area contributed by atoms with E-state index < -0.39 is 11.6 Å². The SMILES string of the molecule is CCc1cc2c(F)cc(F)cc2nc1N. The second kappa shape index (κ2) is 3.46. The van der Waals surface area contributed by atoms with Crippen LogP contribution in [0.4, 0.5) is 14.6 Å². The topological polar surface area (TPSA) is 38.9 Å². The normalized spacial score (nSPS) is 10.9. The van der Waals surface area contributed by atoms with Gasteiger partial charge in [-0.25, -0.2) is 13.8 Å². The molecule has 0 aliphatic heterocycles. The van der Waals surface area contributed by atoms with Crippen LogP contribution in [0.25, 0.3) is 10.9 Å². The van der Waals surface area contributed by atoms with Crippen LogP contribution >= 0.6 is 0 Å². The summed E-state index contributed by atoms with van der Waals surface area (Å²) in [7, 11) is 0. The molecular weight excluding hydrogens is 198 g/mol. The van der Waals surface area contributed by atoms with E-state index in [0.29, 0.717) is 17.6 Å². The number of anilines is 1. The van der Waals surface area contributed by atoms with Crippen molar-refractivity contribution in [2.75, 3.05) is 5.73 Å². The molecule has 4 heteroatoms. The number of benzene rings is 1. The zero-order valence-electron chi connectivity index (χ0n) is 8.22. The minimum absolute atomic E-state index is 0.252. The molecule has 2 nitrogen and oxygen atoms in total. The number of hydrogen-bond donors (Lipinski definition) is 1. The first-order chi connectivity index (χ1) is 7.11. The van der Waals surface area contributed by atoms with Gasteiger partial charge < -0.3 is 5.73 Å². The van der Waals surface area contributed by atoms with Crippen molar-refractivity contribution in [3.8, 4) is 0 Å². The summed E-state index contributed by atoms with van der Waals surface area (Å²) in [4.78, 5) is 3.97. The Morgan fingerprint density at radius 2 is 2.00 bits per heavy atom. The Morgan fingerprint density at radius 1 is 1.27 bits per heavy atom. The molecule has 0 saturated carbocycles. The van der Waals surface area contributed by atoms with Crippen LogP contribution < -0.4 is 5.73 Å². The molecule has 0 atom stereocenters. The molecular formula is C11H10F2N2. The number of rotatable bonds is 1. The quantitative estimate of drug-likeness (QED) is 0.782. The minimum Gasteiger partial charge on any atom is -0.383 e.